The number of hydrogen-bond donors (Lipinski definition) is 11. The molecule has 0 aliphatic carbocycles. The third-order valence-electron chi connectivity index (χ3n) is 7.60. The largest absolute Gasteiger partial charge is 0.391 e. The van der Waals surface area contributed by atoms with Gasteiger partial charge in [-0.05, 0) is 32.0 Å². The highest BCUT2D eigenvalue weighted by molar-refractivity contribution is 8.76. The maximum absolute atomic E-state index is 13.9. The van der Waals surface area contributed by atoms with Gasteiger partial charge >= 0.3 is 0 Å². The average molecular weight is 809 g/mol. The van der Waals surface area contributed by atoms with E-state index in [1.54, 1.807) is 30.3 Å². The number of benzene rings is 1. The van der Waals surface area contributed by atoms with Crippen LogP contribution in [0.5, 0.6) is 0 Å². The van der Waals surface area contributed by atoms with Gasteiger partial charge < -0.3 is 59.5 Å². The first-order valence-corrected chi connectivity index (χ1v) is 19.4. The fourth-order valence-electron chi connectivity index (χ4n) is 4.75. The Morgan fingerprint density at radius 3 is 2.24 bits per heavy atom. The minimum Gasteiger partial charge on any atom is -0.391 e. The van der Waals surface area contributed by atoms with Crippen LogP contribution in [0, 0.1) is 0 Å². The maximum atomic E-state index is 13.9. The third kappa shape index (κ3) is 17.2. The molecule has 1 aliphatic heterocycles. The van der Waals surface area contributed by atoms with E-state index in [4.69, 9.17) is 17.2 Å². The number of rotatable bonds is 12. The second kappa shape index (κ2) is 24.2. The molecule has 0 bridgehead atoms. The quantitative estimate of drug-likeness (QED) is 0.0408. The smallest absolute Gasteiger partial charge is 0.268 e. The van der Waals surface area contributed by atoms with Gasteiger partial charge in [-0.25, -0.2) is 4.99 Å². The van der Waals surface area contributed by atoms with Crippen molar-refractivity contribution in [1.82, 2.24) is 37.2 Å². The summed E-state index contributed by atoms with van der Waals surface area (Å²) in [7, 11) is 2.01. The van der Waals surface area contributed by atoms with Crippen molar-refractivity contribution in [2.45, 2.75) is 62.5 Å². The molecule has 23 heteroatoms. The summed E-state index contributed by atoms with van der Waals surface area (Å²) in [6, 6.07) is 1.86. The Bertz CT molecular complexity index is 1560. The Labute approximate surface area is 324 Å². The second-order valence-corrected chi connectivity index (χ2v) is 14.5. The molecule has 302 valence electrons. The number of nitrogens with two attached hydrogens (primary N) is 3. The van der Waals surface area contributed by atoms with Crippen molar-refractivity contribution in [1.29, 1.82) is 0 Å². The number of amides is 8. The van der Waals surface area contributed by atoms with Gasteiger partial charge in [0.05, 0.1) is 25.7 Å². The predicted molar refractivity (Wildman–Crippen MR) is 206 cm³/mol. The Balaban J connectivity index is 2.53. The lowest BCUT2D eigenvalue weighted by Gasteiger charge is -2.26. The molecule has 6 atom stereocenters. The number of carbonyl (C=O) groups is 8. The summed E-state index contributed by atoms with van der Waals surface area (Å²) in [4.78, 5) is 111. The Kier molecular flexibility index (Phi) is 20.2. The first kappa shape index (κ1) is 45.9. The summed E-state index contributed by atoms with van der Waals surface area (Å²) in [6.45, 7) is 2.94. The molecule has 2 rings (SSSR count). The van der Waals surface area contributed by atoms with E-state index < -0.39 is 96.7 Å². The van der Waals surface area contributed by atoms with Gasteiger partial charge in [0, 0.05) is 24.5 Å². The maximum Gasteiger partial charge on any atom is 0.268 e. The second-order valence-electron chi connectivity index (χ2n) is 12.0. The Morgan fingerprint density at radius 2 is 1.60 bits per heavy atom. The molecule has 8 amide bonds. The monoisotopic (exact) mass is 808 g/mol. The van der Waals surface area contributed by atoms with Crippen LogP contribution in [0.15, 0.2) is 40.3 Å². The van der Waals surface area contributed by atoms with Crippen LogP contribution in [-0.4, -0.2) is 139 Å². The lowest BCUT2D eigenvalue weighted by Crippen LogP contribution is -2.59. The van der Waals surface area contributed by atoms with Gasteiger partial charge in [-0.3, -0.25) is 43.3 Å². The van der Waals surface area contributed by atoms with E-state index in [0.29, 0.717) is 5.56 Å². The summed E-state index contributed by atoms with van der Waals surface area (Å²) in [6.07, 6.45) is -1.31. The van der Waals surface area contributed by atoms with Crippen molar-refractivity contribution < 1.29 is 43.5 Å². The molecule has 0 aromatic heterocycles. The average Bonchev–Trinajstić information content (AvgIpc) is 3.15. The van der Waals surface area contributed by atoms with Gasteiger partial charge in [-0.2, -0.15) is 0 Å². The van der Waals surface area contributed by atoms with Crippen molar-refractivity contribution in [3.8, 4) is 0 Å². The summed E-state index contributed by atoms with van der Waals surface area (Å²) in [5.74, 6) is -6.96. The molecule has 55 heavy (non-hydrogen) atoms. The van der Waals surface area contributed by atoms with E-state index in [0.717, 1.165) is 21.6 Å². The zero-order chi connectivity index (χ0) is 40.9. The molecule has 1 saturated heterocycles. The van der Waals surface area contributed by atoms with Crippen LogP contribution < -0.4 is 54.4 Å². The lowest BCUT2D eigenvalue weighted by atomic mass is 10.0. The fourth-order valence-corrected chi connectivity index (χ4v) is 7.07. The van der Waals surface area contributed by atoms with Gasteiger partial charge in [-0.1, -0.05) is 51.9 Å². The number of aliphatic hydroxyl groups excluding tert-OH is 1. The van der Waals surface area contributed by atoms with Gasteiger partial charge in [-0.15, -0.1) is 0 Å². The number of aliphatic imine (C=N–C) groups is 2. The summed E-state index contributed by atoms with van der Waals surface area (Å²) in [5.41, 5.74) is 16.8. The van der Waals surface area contributed by atoms with Crippen molar-refractivity contribution in [3.05, 3.63) is 35.9 Å². The molecule has 1 heterocycles. The SMILES string of the molecule is C=NC(=O)[C@@H]1CSSC[C@H](NC(=O)CNC(=O)CN)C(=O)N[C@@H](CCCN=C(N)N)C(=O)NC(Cc2ccccc2)C(=O)NCC(=O)N[C@@H]([C@@H](C)O)C(=O)N1. The van der Waals surface area contributed by atoms with E-state index in [-0.39, 0.29) is 49.8 Å². The van der Waals surface area contributed by atoms with Crippen LogP contribution in [-0.2, 0) is 44.8 Å². The molecule has 1 aromatic rings. The summed E-state index contributed by atoms with van der Waals surface area (Å²) in [5, 5.41) is 27.5. The molecular formula is C32H48N12O9S2. The van der Waals surface area contributed by atoms with Gasteiger partial charge in [0.15, 0.2) is 5.96 Å². The van der Waals surface area contributed by atoms with E-state index in [9.17, 15) is 43.5 Å². The molecule has 1 aromatic carbocycles. The standard InChI is InChI=1S/C32H48N12O9S2/c1-17(45)26-31(53)43-21(27(49)36-2)15-54-55-16-22(40-24(47)13-38-23(46)12-33)30(52)41-19(9-6-10-37-32(34)35)29(51)42-20(11-18-7-4-3-5-8-18)28(50)39-14-25(48)44-26/h3-5,7-8,17,19-22,26,45H,2,6,9-16,33H2,1H3,(H,38,46)(H,39,50)(H,40,47)(H,41,52)(H,42,51)(H,43,53)(H,44,48)(H4,34,35,37)/t17-,19+,20?,21+,22+,26+/m1/s1. The molecule has 0 saturated carbocycles. The number of guanidine groups is 1. The molecule has 21 nitrogen and oxygen atoms in total. The summed E-state index contributed by atoms with van der Waals surface area (Å²) >= 11 is 0. The molecule has 0 radical (unpaired) electrons. The number of carbonyl (C=O) groups excluding carboxylic acids is 8. The highest BCUT2D eigenvalue weighted by Crippen LogP contribution is 2.24. The normalized spacial score (nSPS) is 22.5. The lowest BCUT2D eigenvalue weighted by molar-refractivity contribution is -0.134. The minimum absolute atomic E-state index is 0.0235. The van der Waals surface area contributed by atoms with E-state index in [2.05, 4.69) is 53.9 Å². The number of nitrogens with one attached hydrogen (secondary N) is 7. The highest BCUT2D eigenvalue weighted by Gasteiger charge is 2.33. The van der Waals surface area contributed by atoms with Crippen molar-refractivity contribution in [2.24, 2.45) is 27.2 Å². The van der Waals surface area contributed by atoms with E-state index >= 15 is 0 Å². The van der Waals surface area contributed by atoms with Crippen molar-refractivity contribution in [2.75, 3.05) is 37.7 Å². The van der Waals surface area contributed by atoms with Crippen LogP contribution in [0.4, 0.5) is 0 Å². The zero-order valence-corrected chi connectivity index (χ0v) is 31.7. The van der Waals surface area contributed by atoms with E-state index in [1.807, 2.05) is 0 Å². The molecular weight excluding hydrogens is 761 g/mol. The van der Waals surface area contributed by atoms with Crippen molar-refractivity contribution >= 4 is 81.5 Å². The first-order valence-electron chi connectivity index (χ1n) is 16.9. The van der Waals surface area contributed by atoms with Crippen LogP contribution in [0.3, 0.4) is 0 Å². The minimum atomic E-state index is -1.56. The van der Waals surface area contributed by atoms with Crippen LogP contribution in [0.1, 0.15) is 25.3 Å². The Morgan fingerprint density at radius 1 is 0.927 bits per heavy atom. The predicted octanol–water partition coefficient (Wildman–Crippen LogP) is -5.10. The molecule has 0 spiro atoms. The van der Waals surface area contributed by atoms with Crippen LogP contribution >= 0.6 is 21.6 Å². The third-order valence-corrected chi connectivity index (χ3v) is 10.0. The number of nitrogens with zero attached hydrogens (tertiary/aromatic N) is 2. The topological polar surface area (TPSA) is 344 Å². The van der Waals surface area contributed by atoms with Crippen LogP contribution in [0.25, 0.3) is 0 Å². The zero-order valence-electron chi connectivity index (χ0n) is 30.1. The van der Waals surface area contributed by atoms with Crippen molar-refractivity contribution in [3.63, 3.8) is 0 Å². The molecule has 1 unspecified atom stereocenters. The number of hydrogen-bond acceptors (Lipinski definition) is 13. The fraction of sp³-hybridized carbons (Fsp3) is 0.500. The number of aliphatic hydroxyl groups is 1. The molecule has 1 fully saturated rings. The van der Waals surface area contributed by atoms with Gasteiger partial charge in [0.2, 0.25) is 41.4 Å². The van der Waals surface area contributed by atoms with Crippen LogP contribution in [0.2, 0.25) is 0 Å². The molecule has 14 N–H and O–H groups in total. The summed E-state index contributed by atoms with van der Waals surface area (Å²) < 4.78 is 0. The van der Waals surface area contributed by atoms with E-state index in [1.165, 1.54) is 6.92 Å². The first-order chi connectivity index (χ1) is 26.1. The van der Waals surface area contributed by atoms with Gasteiger partial charge in [0.1, 0.15) is 30.2 Å². The highest BCUT2D eigenvalue weighted by atomic mass is 33.1. The molecule has 1 aliphatic rings. The van der Waals surface area contributed by atoms with Gasteiger partial charge in [0.25, 0.3) is 5.91 Å². The Hall–Kier alpha value is -5.26.